The van der Waals surface area contributed by atoms with Crippen molar-refractivity contribution >= 4 is 21.8 Å². The lowest BCUT2D eigenvalue weighted by Crippen LogP contribution is -1.94. The normalized spacial score (nSPS) is 11.2. The van der Waals surface area contributed by atoms with E-state index in [2.05, 4.69) is 130 Å². The summed E-state index contributed by atoms with van der Waals surface area (Å²) >= 11 is 0. The summed E-state index contributed by atoms with van der Waals surface area (Å²) in [7, 11) is 0. The largest absolute Gasteiger partial charge is 0.309 e. The zero-order valence-corrected chi connectivity index (χ0v) is 20.1. The van der Waals surface area contributed by atoms with Crippen LogP contribution in [0.2, 0.25) is 0 Å². The predicted octanol–water partition coefficient (Wildman–Crippen LogP) is 8.57. The van der Waals surface area contributed by atoms with E-state index in [1.807, 2.05) is 24.5 Å². The van der Waals surface area contributed by atoms with Crippen LogP contribution in [0.1, 0.15) is 0 Å². The Hall–Kier alpha value is -5.02. The first-order chi connectivity index (χ1) is 18.3. The van der Waals surface area contributed by atoms with Crippen molar-refractivity contribution in [1.29, 1.82) is 0 Å². The van der Waals surface area contributed by atoms with Crippen molar-refractivity contribution in [1.82, 2.24) is 14.5 Å². The van der Waals surface area contributed by atoms with Crippen molar-refractivity contribution in [3.63, 3.8) is 0 Å². The number of fused-ring (bicyclic) bond motifs is 3. The van der Waals surface area contributed by atoms with Gasteiger partial charge in [0.25, 0.3) is 0 Å². The van der Waals surface area contributed by atoms with Gasteiger partial charge in [-0.05, 0) is 70.8 Å². The molecule has 3 aromatic heterocycles. The summed E-state index contributed by atoms with van der Waals surface area (Å²) in [5, 5.41) is 2.53. The summed E-state index contributed by atoms with van der Waals surface area (Å²) in [6.07, 6.45) is 3.73. The Balaban J connectivity index is 1.32. The van der Waals surface area contributed by atoms with Gasteiger partial charge >= 0.3 is 0 Å². The third kappa shape index (κ3) is 3.78. The highest BCUT2D eigenvalue weighted by atomic mass is 15.0. The van der Waals surface area contributed by atoms with Crippen molar-refractivity contribution in [2.75, 3.05) is 0 Å². The molecule has 0 radical (unpaired) electrons. The van der Waals surface area contributed by atoms with Gasteiger partial charge in [-0.3, -0.25) is 9.97 Å². The summed E-state index contributed by atoms with van der Waals surface area (Å²) in [5.41, 5.74) is 9.82. The Kier molecular flexibility index (Phi) is 5.11. The molecule has 0 bridgehead atoms. The summed E-state index contributed by atoms with van der Waals surface area (Å²) in [6, 6.07) is 44.6. The molecule has 0 N–H and O–H groups in total. The van der Waals surface area contributed by atoms with E-state index in [0.717, 1.165) is 33.8 Å². The van der Waals surface area contributed by atoms with Crippen molar-refractivity contribution in [3.8, 4) is 39.3 Å². The molecule has 0 atom stereocenters. The van der Waals surface area contributed by atoms with E-state index in [9.17, 15) is 0 Å². The van der Waals surface area contributed by atoms with Gasteiger partial charge in [0.2, 0.25) is 0 Å². The summed E-state index contributed by atoms with van der Waals surface area (Å²) < 4.78 is 2.35. The molecule has 3 nitrogen and oxygen atoms in total. The lowest BCUT2D eigenvalue weighted by Gasteiger charge is -2.11. The van der Waals surface area contributed by atoms with Crippen LogP contribution in [0.3, 0.4) is 0 Å². The van der Waals surface area contributed by atoms with Crippen LogP contribution < -0.4 is 0 Å². The van der Waals surface area contributed by atoms with Crippen LogP contribution in [-0.2, 0) is 0 Å². The molecule has 0 saturated carbocycles. The van der Waals surface area contributed by atoms with Crippen molar-refractivity contribution in [3.05, 3.63) is 140 Å². The SMILES string of the molecule is c1ccc(-c2ccnc(-c3cc(-c4cccc(-n5c6ccccc6c6ccccc65)c4)ccn3)c2)cc1. The molecule has 7 aromatic rings. The number of nitrogens with zero attached hydrogens (tertiary/aromatic N) is 3. The monoisotopic (exact) mass is 473 g/mol. The van der Waals surface area contributed by atoms with Gasteiger partial charge in [-0.2, -0.15) is 0 Å². The molecule has 0 saturated heterocycles. The molecule has 7 rings (SSSR count). The average molecular weight is 474 g/mol. The van der Waals surface area contributed by atoms with E-state index in [-0.39, 0.29) is 0 Å². The third-order valence-corrected chi connectivity index (χ3v) is 6.91. The molecule has 0 amide bonds. The number of hydrogen-bond donors (Lipinski definition) is 0. The number of para-hydroxylation sites is 2. The third-order valence-electron chi connectivity index (χ3n) is 6.91. The number of pyridine rings is 2. The molecule has 4 aromatic carbocycles. The van der Waals surface area contributed by atoms with Gasteiger partial charge in [-0.1, -0.05) is 78.9 Å². The van der Waals surface area contributed by atoms with Gasteiger partial charge in [-0.15, -0.1) is 0 Å². The Morgan fingerprint density at radius 1 is 0.405 bits per heavy atom. The second-order valence-electron chi connectivity index (χ2n) is 9.15. The van der Waals surface area contributed by atoms with Gasteiger partial charge in [0, 0.05) is 28.9 Å². The van der Waals surface area contributed by atoms with Crippen molar-refractivity contribution < 1.29 is 0 Å². The molecule has 0 aliphatic heterocycles. The van der Waals surface area contributed by atoms with Gasteiger partial charge in [0.05, 0.1) is 22.4 Å². The number of aromatic nitrogens is 3. The zero-order valence-electron chi connectivity index (χ0n) is 20.1. The van der Waals surface area contributed by atoms with E-state index in [0.29, 0.717) is 0 Å². The number of rotatable bonds is 4. The molecule has 0 unspecified atom stereocenters. The standard InChI is InChI=1S/C34H23N3/c1-2-9-24(10-3-1)26-17-19-35-31(22-26)32-23-27(18-20-36-32)25-11-8-12-28(21-25)37-33-15-6-4-13-29(33)30-14-5-7-16-34(30)37/h1-23H. The highest BCUT2D eigenvalue weighted by Gasteiger charge is 2.12. The molecule has 174 valence electrons. The van der Waals surface area contributed by atoms with E-state index >= 15 is 0 Å². The van der Waals surface area contributed by atoms with E-state index in [1.54, 1.807) is 0 Å². The Bertz CT molecular complexity index is 1830. The fraction of sp³-hybridized carbons (Fsp3) is 0. The van der Waals surface area contributed by atoms with Crippen LogP contribution in [0.5, 0.6) is 0 Å². The maximum absolute atomic E-state index is 4.66. The van der Waals surface area contributed by atoms with Gasteiger partial charge in [-0.25, -0.2) is 0 Å². The van der Waals surface area contributed by atoms with Gasteiger partial charge in [0.1, 0.15) is 0 Å². The summed E-state index contributed by atoms with van der Waals surface area (Å²) in [5.74, 6) is 0. The Morgan fingerprint density at radius 2 is 0.919 bits per heavy atom. The maximum atomic E-state index is 4.66. The minimum atomic E-state index is 0.859. The highest BCUT2D eigenvalue weighted by molar-refractivity contribution is 6.09. The van der Waals surface area contributed by atoms with Crippen LogP contribution in [0.25, 0.3) is 61.1 Å². The molecule has 3 heteroatoms. The quantitative estimate of drug-likeness (QED) is 0.256. The summed E-state index contributed by atoms with van der Waals surface area (Å²) in [4.78, 5) is 9.29. The zero-order chi connectivity index (χ0) is 24.6. The lowest BCUT2D eigenvalue weighted by atomic mass is 10.0. The molecule has 0 fully saturated rings. The minimum absolute atomic E-state index is 0.859. The maximum Gasteiger partial charge on any atom is 0.0892 e. The van der Waals surface area contributed by atoms with Crippen LogP contribution >= 0.6 is 0 Å². The van der Waals surface area contributed by atoms with Crippen LogP contribution in [0, 0.1) is 0 Å². The smallest absolute Gasteiger partial charge is 0.0892 e. The van der Waals surface area contributed by atoms with Crippen LogP contribution in [0.15, 0.2) is 140 Å². The fourth-order valence-electron chi connectivity index (χ4n) is 5.16. The van der Waals surface area contributed by atoms with Crippen LogP contribution in [-0.4, -0.2) is 14.5 Å². The first kappa shape index (κ1) is 21.3. The molecule has 0 aliphatic rings. The molecule has 3 heterocycles. The van der Waals surface area contributed by atoms with E-state index in [4.69, 9.17) is 0 Å². The molecular weight excluding hydrogens is 450 g/mol. The lowest BCUT2D eigenvalue weighted by molar-refractivity contribution is 1.18. The first-order valence-electron chi connectivity index (χ1n) is 12.4. The topological polar surface area (TPSA) is 30.7 Å². The number of hydrogen-bond acceptors (Lipinski definition) is 2. The molecule has 0 aliphatic carbocycles. The van der Waals surface area contributed by atoms with Crippen molar-refractivity contribution in [2.45, 2.75) is 0 Å². The summed E-state index contributed by atoms with van der Waals surface area (Å²) in [6.45, 7) is 0. The van der Waals surface area contributed by atoms with Crippen molar-refractivity contribution in [2.24, 2.45) is 0 Å². The number of benzene rings is 4. The van der Waals surface area contributed by atoms with Crippen LogP contribution in [0.4, 0.5) is 0 Å². The minimum Gasteiger partial charge on any atom is -0.309 e. The second kappa shape index (κ2) is 8.89. The van der Waals surface area contributed by atoms with E-state index in [1.165, 1.54) is 27.4 Å². The van der Waals surface area contributed by atoms with Gasteiger partial charge in [0.15, 0.2) is 0 Å². The predicted molar refractivity (Wildman–Crippen MR) is 153 cm³/mol. The fourth-order valence-corrected chi connectivity index (χ4v) is 5.16. The van der Waals surface area contributed by atoms with Gasteiger partial charge < -0.3 is 4.57 Å². The Labute approximate surface area is 215 Å². The Morgan fingerprint density at radius 3 is 1.57 bits per heavy atom. The molecule has 37 heavy (non-hydrogen) atoms. The second-order valence-corrected chi connectivity index (χ2v) is 9.15. The van der Waals surface area contributed by atoms with E-state index < -0.39 is 0 Å². The molecule has 0 spiro atoms. The average Bonchev–Trinajstić information content (AvgIpc) is 3.32. The first-order valence-corrected chi connectivity index (χ1v) is 12.4. The highest BCUT2D eigenvalue weighted by Crippen LogP contribution is 2.33. The molecular formula is C34H23N3.